The van der Waals surface area contributed by atoms with Crippen molar-refractivity contribution >= 4 is 27.8 Å². The van der Waals surface area contributed by atoms with Crippen LogP contribution < -0.4 is 19.2 Å². The van der Waals surface area contributed by atoms with Crippen LogP contribution in [-0.4, -0.2) is 45.9 Å². The number of sulfonamides is 1. The summed E-state index contributed by atoms with van der Waals surface area (Å²) in [5.74, 6) is -0.351. The highest BCUT2D eigenvalue weighted by atomic mass is 32.2. The van der Waals surface area contributed by atoms with Crippen molar-refractivity contribution in [3.8, 4) is 17.2 Å². The average molecular weight is 579 g/mol. The van der Waals surface area contributed by atoms with Crippen LogP contribution in [-0.2, 0) is 14.8 Å². The highest BCUT2D eigenvalue weighted by Crippen LogP contribution is 2.32. The van der Waals surface area contributed by atoms with E-state index in [1.807, 2.05) is 31.4 Å². The predicted octanol–water partition coefficient (Wildman–Crippen LogP) is 4.90. The van der Waals surface area contributed by atoms with Crippen LogP contribution in [0, 0.1) is 26.6 Å². The first-order valence-electron chi connectivity index (χ1n) is 12.6. The molecule has 0 spiro atoms. The molecule has 1 amide bonds. The smallest absolute Gasteiger partial charge is 0.264 e. The minimum Gasteiger partial charge on any atom is -0.493 e. The Morgan fingerprint density at radius 1 is 0.951 bits per heavy atom. The summed E-state index contributed by atoms with van der Waals surface area (Å²) >= 11 is 0. The SMILES string of the molecule is COc1ccc(S(=O)(=O)N(CC(=O)N/N=C/c2cc(C)n(-c3ccc(F)cc3)c2C)c2ccc(C)cc2)cc1OC. The van der Waals surface area contributed by atoms with Gasteiger partial charge in [0, 0.05) is 28.7 Å². The second-order valence-corrected chi connectivity index (χ2v) is 11.2. The summed E-state index contributed by atoms with van der Waals surface area (Å²) in [6.45, 7) is 5.15. The molecule has 0 saturated heterocycles. The molecule has 0 aliphatic rings. The van der Waals surface area contributed by atoms with Crippen molar-refractivity contribution in [2.75, 3.05) is 25.1 Å². The quantitative estimate of drug-likeness (QED) is 0.213. The van der Waals surface area contributed by atoms with Gasteiger partial charge in [-0.3, -0.25) is 9.10 Å². The highest BCUT2D eigenvalue weighted by Gasteiger charge is 2.28. The second kappa shape index (κ2) is 12.3. The number of nitrogens with one attached hydrogen (secondary N) is 1. The van der Waals surface area contributed by atoms with Crippen LogP contribution in [0.1, 0.15) is 22.5 Å². The molecule has 11 heteroatoms. The molecule has 0 atom stereocenters. The average Bonchev–Trinajstić information content (AvgIpc) is 3.24. The van der Waals surface area contributed by atoms with E-state index in [0.717, 1.165) is 32.5 Å². The van der Waals surface area contributed by atoms with E-state index in [-0.39, 0.29) is 16.5 Å². The summed E-state index contributed by atoms with van der Waals surface area (Å²) in [4.78, 5) is 12.9. The van der Waals surface area contributed by atoms with Crippen molar-refractivity contribution in [2.24, 2.45) is 5.10 Å². The van der Waals surface area contributed by atoms with Crippen molar-refractivity contribution in [3.63, 3.8) is 0 Å². The molecule has 0 fully saturated rings. The number of benzene rings is 3. The lowest BCUT2D eigenvalue weighted by molar-refractivity contribution is -0.119. The van der Waals surface area contributed by atoms with Gasteiger partial charge in [-0.05, 0) is 75.4 Å². The van der Waals surface area contributed by atoms with Gasteiger partial charge in [0.1, 0.15) is 12.4 Å². The fourth-order valence-corrected chi connectivity index (χ4v) is 5.81. The van der Waals surface area contributed by atoms with Gasteiger partial charge >= 0.3 is 0 Å². The number of aryl methyl sites for hydroxylation is 2. The van der Waals surface area contributed by atoms with Crippen LogP contribution in [0.2, 0.25) is 0 Å². The fraction of sp³-hybridized carbons (Fsp3) is 0.200. The lowest BCUT2D eigenvalue weighted by Crippen LogP contribution is -2.39. The molecule has 4 rings (SSSR count). The topological polar surface area (TPSA) is 102 Å². The number of aromatic nitrogens is 1. The molecule has 9 nitrogen and oxygen atoms in total. The maximum absolute atomic E-state index is 13.7. The van der Waals surface area contributed by atoms with E-state index in [9.17, 15) is 17.6 Å². The number of hydrogen-bond donors (Lipinski definition) is 1. The summed E-state index contributed by atoms with van der Waals surface area (Å²) in [5, 5.41) is 4.07. The first-order chi connectivity index (χ1) is 19.5. The van der Waals surface area contributed by atoms with Crippen molar-refractivity contribution in [1.82, 2.24) is 9.99 Å². The van der Waals surface area contributed by atoms with Gasteiger partial charge in [0.25, 0.3) is 15.9 Å². The minimum atomic E-state index is -4.18. The predicted molar refractivity (Wildman–Crippen MR) is 156 cm³/mol. The Morgan fingerprint density at radius 2 is 1.61 bits per heavy atom. The Kier molecular flexibility index (Phi) is 8.77. The third-order valence-electron chi connectivity index (χ3n) is 6.50. The summed E-state index contributed by atoms with van der Waals surface area (Å²) in [7, 11) is -1.32. The van der Waals surface area contributed by atoms with Crippen LogP contribution in [0.3, 0.4) is 0 Å². The van der Waals surface area contributed by atoms with E-state index in [1.54, 1.807) is 36.4 Å². The Balaban J connectivity index is 1.58. The largest absolute Gasteiger partial charge is 0.493 e. The molecular formula is C30H31FN4O5S. The van der Waals surface area contributed by atoms with Gasteiger partial charge in [-0.15, -0.1) is 0 Å². The maximum atomic E-state index is 13.7. The number of carbonyl (C=O) groups excluding carboxylic acids is 1. The molecule has 0 aliphatic carbocycles. The van der Waals surface area contributed by atoms with Gasteiger partial charge in [-0.1, -0.05) is 17.7 Å². The van der Waals surface area contributed by atoms with Gasteiger partial charge in [-0.2, -0.15) is 5.10 Å². The number of methoxy groups -OCH3 is 2. The van der Waals surface area contributed by atoms with E-state index >= 15 is 0 Å². The lowest BCUT2D eigenvalue weighted by Gasteiger charge is -2.24. The standard InChI is InChI=1S/C30H31FN4O5S/c1-20-6-10-25(11-7-20)34(41(37,38)27-14-15-28(39-4)29(17-27)40-5)19-30(36)33-32-18-23-16-21(2)35(22(23)3)26-12-8-24(31)9-13-26/h6-18H,19H2,1-5H3,(H,33,36)/b32-18+. The fourth-order valence-electron chi connectivity index (χ4n) is 4.38. The van der Waals surface area contributed by atoms with E-state index in [4.69, 9.17) is 9.47 Å². The number of anilines is 1. The summed E-state index contributed by atoms with van der Waals surface area (Å²) in [5.41, 5.74) is 6.94. The number of halogens is 1. The number of nitrogens with zero attached hydrogens (tertiary/aromatic N) is 3. The first kappa shape index (κ1) is 29.3. The van der Waals surface area contributed by atoms with Gasteiger partial charge in [0.05, 0.1) is 31.0 Å². The van der Waals surface area contributed by atoms with Crippen molar-refractivity contribution in [1.29, 1.82) is 0 Å². The van der Waals surface area contributed by atoms with E-state index in [1.165, 1.54) is 50.8 Å². The zero-order chi connectivity index (χ0) is 29.7. The lowest BCUT2D eigenvalue weighted by atomic mass is 10.2. The molecule has 214 valence electrons. The number of ether oxygens (including phenoxy) is 2. The van der Waals surface area contributed by atoms with Gasteiger partial charge < -0.3 is 14.0 Å². The van der Waals surface area contributed by atoms with Crippen LogP contribution in [0.5, 0.6) is 11.5 Å². The van der Waals surface area contributed by atoms with Crippen LogP contribution in [0.25, 0.3) is 5.69 Å². The van der Waals surface area contributed by atoms with Gasteiger partial charge in [-0.25, -0.2) is 18.2 Å². The molecule has 0 unspecified atom stereocenters. The molecule has 0 radical (unpaired) electrons. The number of amides is 1. The first-order valence-corrected chi connectivity index (χ1v) is 14.1. The van der Waals surface area contributed by atoms with E-state index in [0.29, 0.717) is 11.4 Å². The van der Waals surface area contributed by atoms with Crippen LogP contribution >= 0.6 is 0 Å². The summed E-state index contributed by atoms with van der Waals surface area (Å²) < 4.78 is 54.3. The Morgan fingerprint density at radius 3 is 2.24 bits per heavy atom. The maximum Gasteiger partial charge on any atom is 0.264 e. The summed E-state index contributed by atoms with van der Waals surface area (Å²) in [6.07, 6.45) is 1.49. The summed E-state index contributed by atoms with van der Waals surface area (Å²) in [6, 6.07) is 19.0. The Labute approximate surface area is 238 Å². The second-order valence-electron chi connectivity index (χ2n) is 9.30. The van der Waals surface area contributed by atoms with Crippen LogP contribution in [0.4, 0.5) is 10.1 Å². The molecule has 1 heterocycles. The molecule has 3 aromatic carbocycles. The van der Waals surface area contributed by atoms with Crippen LogP contribution in [0.15, 0.2) is 82.8 Å². The molecule has 0 saturated carbocycles. The van der Waals surface area contributed by atoms with Crippen molar-refractivity contribution < 1.29 is 27.1 Å². The third kappa shape index (κ3) is 6.41. The Bertz CT molecular complexity index is 1680. The van der Waals surface area contributed by atoms with E-state index < -0.39 is 22.5 Å². The van der Waals surface area contributed by atoms with Gasteiger partial charge in [0.15, 0.2) is 11.5 Å². The normalized spacial score (nSPS) is 11.5. The third-order valence-corrected chi connectivity index (χ3v) is 8.27. The number of rotatable bonds is 10. The van der Waals surface area contributed by atoms with Crippen molar-refractivity contribution in [2.45, 2.75) is 25.7 Å². The molecule has 4 aromatic rings. The number of hydrazone groups is 1. The van der Waals surface area contributed by atoms with E-state index in [2.05, 4.69) is 10.5 Å². The van der Waals surface area contributed by atoms with Gasteiger partial charge in [0.2, 0.25) is 0 Å². The highest BCUT2D eigenvalue weighted by molar-refractivity contribution is 7.92. The zero-order valence-corrected chi connectivity index (χ0v) is 24.2. The number of carbonyl (C=O) groups is 1. The Hall–Kier alpha value is -4.64. The molecule has 1 N–H and O–H groups in total. The zero-order valence-electron chi connectivity index (χ0n) is 23.4. The molecule has 41 heavy (non-hydrogen) atoms. The molecule has 1 aromatic heterocycles. The monoisotopic (exact) mass is 578 g/mol. The van der Waals surface area contributed by atoms with Crippen molar-refractivity contribution in [3.05, 3.63) is 101 Å². The molecule has 0 aliphatic heterocycles. The molecular weight excluding hydrogens is 547 g/mol. The number of hydrogen-bond acceptors (Lipinski definition) is 6. The molecule has 0 bridgehead atoms. The minimum absolute atomic E-state index is 0.0692.